The van der Waals surface area contributed by atoms with Gasteiger partial charge in [-0.1, -0.05) is 30.7 Å². The number of amides is 1. The number of nitrogens with zero attached hydrogens (tertiary/aromatic N) is 2. The Labute approximate surface area is 133 Å². The van der Waals surface area contributed by atoms with Gasteiger partial charge in [0.05, 0.1) is 5.69 Å². The van der Waals surface area contributed by atoms with Gasteiger partial charge in [-0.2, -0.15) is 5.10 Å². The predicted molar refractivity (Wildman–Crippen MR) is 86.8 cm³/mol. The van der Waals surface area contributed by atoms with Crippen molar-refractivity contribution in [3.63, 3.8) is 0 Å². The van der Waals surface area contributed by atoms with Gasteiger partial charge in [0.25, 0.3) is 5.56 Å². The Morgan fingerprint density at radius 2 is 1.95 bits per heavy atom. The SMILES string of the molecule is CC[C@H](C)NC(=O)Cn1nc(-c2ccc(Cl)cc2)ccc1=O. The Morgan fingerprint density at radius 3 is 2.59 bits per heavy atom. The van der Waals surface area contributed by atoms with Crippen LogP contribution in [0.3, 0.4) is 0 Å². The van der Waals surface area contributed by atoms with Crippen molar-refractivity contribution >= 4 is 17.5 Å². The van der Waals surface area contributed by atoms with Crippen molar-refractivity contribution in [3.8, 4) is 11.3 Å². The third kappa shape index (κ3) is 4.18. The average Bonchev–Trinajstić information content (AvgIpc) is 2.50. The molecule has 1 heterocycles. The van der Waals surface area contributed by atoms with Gasteiger partial charge in [0, 0.05) is 22.7 Å². The summed E-state index contributed by atoms with van der Waals surface area (Å²) in [7, 11) is 0. The number of halogens is 1. The monoisotopic (exact) mass is 319 g/mol. The van der Waals surface area contributed by atoms with E-state index >= 15 is 0 Å². The van der Waals surface area contributed by atoms with Gasteiger partial charge in [-0.15, -0.1) is 0 Å². The highest BCUT2D eigenvalue weighted by molar-refractivity contribution is 6.30. The molecular formula is C16H18ClN3O2. The van der Waals surface area contributed by atoms with E-state index in [-0.39, 0.29) is 24.1 Å². The van der Waals surface area contributed by atoms with Gasteiger partial charge < -0.3 is 5.32 Å². The van der Waals surface area contributed by atoms with Gasteiger partial charge >= 0.3 is 0 Å². The van der Waals surface area contributed by atoms with E-state index in [0.29, 0.717) is 10.7 Å². The highest BCUT2D eigenvalue weighted by atomic mass is 35.5. The Kier molecular flexibility index (Phi) is 5.33. The maximum Gasteiger partial charge on any atom is 0.267 e. The second kappa shape index (κ2) is 7.22. The van der Waals surface area contributed by atoms with Gasteiger partial charge in [-0.3, -0.25) is 9.59 Å². The summed E-state index contributed by atoms with van der Waals surface area (Å²) < 4.78 is 1.17. The first-order valence-corrected chi connectivity index (χ1v) is 7.51. The van der Waals surface area contributed by atoms with E-state index in [1.165, 1.54) is 10.7 Å². The summed E-state index contributed by atoms with van der Waals surface area (Å²) in [6.07, 6.45) is 0.832. The Hall–Kier alpha value is -2.14. The van der Waals surface area contributed by atoms with E-state index in [1.807, 2.05) is 26.0 Å². The summed E-state index contributed by atoms with van der Waals surface area (Å²) in [4.78, 5) is 23.7. The summed E-state index contributed by atoms with van der Waals surface area (Å²) in [5.74, 6) is -0.225. The lowest BCUT2D eigenvalue weighted by Gasteiger charge is -2.12. The maximum absolute atomic E-state index is 11.9. The van der Waals surface area contributed by atoms with Crippen LogP contribution in [0.5, 0.6) is 0 Å². The van der Waals surface area contributed by atoms with Crippen molar-refractivity contribution < 1.29 is 4.79 Å². The van der Waals surface area contributed by atoms with E-state index in [4.69, 9.17) is 11.6 Å². The minimum Gasteiger partial charge on any atom is -0.352 e. The van der Waals surface area contributed by atoms with Crippen LogP contribution in [0, 0.1) is 0 Å². The van der Waals surface area contributed by atoms with E-state index < -0.39 is 0 Å². The second-order valence-electron chi connectivity index (χ2n) is 5.10. The average molecular weight is 320 g/mol. The molecule has 2 rings (SSSR count). The summed E-state index contributed by atoms with van der Waals surface area (Å²) in [5, 5.41) is 7.69. The van der Waals surface area contributed by atoms with Crippen LogP contribution in [0.2, 0.25) is 5.02 Å². The van der Waals surface area contributed by atoms with Crippen LogP contribution in [-0.2, 0) is 11.3 Å². The molecular weight excluding hydrogens is 302 g/mol. The lowest BCUT2D eigenvalue weighted by molar-refractivity contribution is -0.122. The first-order chi connectivity index (χ1) is 10.5. The lowest BCUT2D eigenvalue weighted by Crippen LogP contribution is -2.37. The molecule has 1 atom stereocenters. The Bertz CT molecular complexity index is 710. The van der Waals surface area contributed by atoms with Crippen molar-refractivity contribution in [1.82, 2.24) is 15.1 Å². The van der Waals surface area contributed by atoms with Crippen molar-refractivity contribution in [2.45, 2.75) is 32.9 Å². The van der Waals surface area contributed by atoms with Gasteiger partial charge in [-0.25, -0.2) is 4.68 Å². The molecule has 0 spiro atoms. The molecule has 0 unspecified atom stereocenters. The molecule has 0 saturated carbocycles. The maximum atomic E-state index is 11.9. The minimum absolute atomic E-state index is 0.0719. The number of nitrogens with one attached hydrogen (secondary N) is 1. The number of hydrogen-bond acceptors (Lipinski definition) is 3. The lowest BCUT2D eigenvalue weighted by atomic mass is 10.1. The number of benzene rings is 1. The molecule has 1 aromatic carbocycles. The third-order valence-electron chi connectivity index (χ3n) is 3.32. The summed E-state index contributed by atoms with van der Waals surface area (Å²) in [5.41, 5.74) is 1.14. The van der Waals surface area contributed by atoms with Gasteiger partial charge in [-0.05, 0) is 31.5 Å². The zero-order chi connectivity index (χ0) is 16.1. The molecule has 22 heavy (non-hydrogen) atoms. The summed E-state index contributed by atoms with van der Waals surface area (Å²) in [6.45, 7) is 3.80. The molecule has 0 saturated heterocycles. The van der Waals surface area contributed by atoms with E-state index in [9.17, 15) is 9.59 Å². The molecule has 6 heteroatoms. The van der Waals surface area contributed by atoms with Crippen LogP contribution >= 0.6 is 11.6 Å². The molecule has 116 valence electrons. The molecule has 1 aromatic heterocycles. The zero-order valence-corrected chi connectivity index (χ0v) is 13.3. The highest BCUT2D eigenvalue weighted by Gasteiger charge is 2.09. The number of carbonyl (C=O) groups is 1. The fourth-order valence-corrected chi connectivity index (χ4v) is 2.02. The second-order valence-corrected chi connectivity index (χ2v) is 5.53. The first-order valence-electron chi connectivity index (χ1n) is 7.13. The number of hydrogen-bond donors (Lipinski definition) is 1. The van der Waals surface area contributed by atoms with Crippen molar-refractivity contribution in [2.24, 2.45) is 0 Å². The number of aromatic nitrogens is 2. The molecule has 0 aliphatic carbocycles. The quantitative estimate of drug-likeness (QED) is 0.921. The van der Waals surface area contributed by atoms with Crippen LogP contribution in [0.25, 0.3) is 11.3 Å². The fraction of sp³-hybridized carbons (Fsp3) is 0.312. The summed E-state index contributed by atoms with van der Waals surface area (Å²) in [6, 6.07) is 10.3. The Balaban J connectivity index is 2.22. The Morgan fingerprint density at radius 1 is 1.27 bits per heavy atom. The zero-order valence-electron chi connectivity index (χ0n) is 12.5. The normalized spacial score (nSPS) is 12.0. The topological polar surface area (TPSA) is 64.0 Å². The van der Waals surface area contributed by atoms with Crippen molar-refractivity contribution in [3.05, 3.63) is 51.8 Å². The molecule has 0 fully saturated rings. The third-order valence-corrected chi connectivity index (χ3v) is 3.57. The van der Waals surface area contributed by atoms with Crippen molar-refractivity contribution in [1.29, 1.82) is 0 Å². The molecule has 0 bridgehead atoms. The molecule has 1 N–H and O–H groups in total. The van der Waals surface area contributed by atoms with E-state index in [1.54, 1.807) is 18.2 Å². The standard InChI is InChI=1S/C16H18ClN3O2/c1-3-11(2)18-15(21)10-20-16(22)9-8-14(19-20)12-4-6-13(17)7-5-12/h4-9,11H,3,10H2,1-2H3,(H,18,21)/t11-/m0/s1. The van der Waals surface area contributed by atoms with Crippen LogP contribution < -0.4 is 10.9 Å². The van der Waals surface area contributed by atoms with Gasteiger partial charge in [0.2, 0.25) is 5.91 Å². The van der Waals surface area contributed by atoms with Gasteiger partial charge in [0.15, 0.2) is 0 Å². The molecule has 5 nitrogen and oxygen atoms in total. The molecule has 2 aromatic rings. The molecule has 0 aliphatic heterocycles. The summed E-state index contributed by atoms with van der Waals surface area (Å²) >= 11 is 5.86. The molecule has 1 amide bonds. The predicted octanol–water partition coefficient (Wildman–Crippen LogP) is 2.48. The van der Waals surface area contributed by atoms with Crippen LogP contribution in [0.1, 0.15) is 20.3 Å². The van der Waals surface area contributed by atoms with E-state index in [0.717, 1.165) is 12.0 Å². The van der Waals surface area contributed by atoms with Crippen LogP contribution in [0.4, 0.5) is 0 Å². The largest absolute Gasteiger partial charge is 0.352 e. The van der Waals surface area contributed by atoms with Crippen LogP contribution in [-0.4, -0.2) is 21.7 Å². The number of rotatable bonds is 5. The van der Waals surface area contributed by atoms with E-state index in [2.05, 4.69) is 10.4 Å². The van der Waals surface area contributed by atoms with Crippen molar-refractivity contribution in [2.75, 3.05) is 0 Å². The minimum atomic E-state index is -0.308. The smallest absolute Gasteiger partial charge is 0.267 e. The first kappa shape index (κ1) is 16.2. The van der Waals surface area contributed by atoms with Gasteiger partial charge in [0.1, 0.15) is 6.54 Å². The molecule has 0 radical (unpaired) electrons. The fourth-order valence-electron chi connectivity index (χ4n) is 1.90. The highest BCUT2D eigenvalue weighted by Crippen LogP contribution is 2.18. The van der Waals surface area contributed by atoms with Crippen LogP contribution in [0.15, 0.2) is 41.2 Å². The number of carbonyl (C=O) groups excluding carboxylic acids is 1. The molecule has 0 aliphatic rings.